The molecule has 1 aliphatic rings. The first kappa shape index (κ1) is 16.7. The molecule has 0 saturated heterocycles. The zero-order valence-corrected chi connectivity index (χ0v) is 14.2. The summed E-state index contributed by atoms with van der Waals surface area (Å²) in [4.78, 5) is 2.15. The lowest BCUT2D eigenvalue weighted by molar-refractivity contribution is 0.184. The van der Waals surface area contributed by atoms with E-state index in [0.717, 1.165) is 11.3 Å². The molecule has 2 aromatic carbocycles. The third-order valence-corrected chi connectivity index (χ3v) is 5.38. The number of hydrogen-bond donors (Lipinski definition) is 0. The Morgan fingerprint density at radius 1 is 1.00 bits per heavy atom. The van der Waals surface area contributed by atoms with Crippen molar-refractivity contribution < 1.29 is 13.2 Å². The molecule has 0 fully saturated rings. The molecule has 0 N–H and O–H groups in total. The van der Waals surface area contributed by atoms with Crippen LogP contribution in [0, 0.1) is 0 Å². The lowest BCUT2D eigenvalue weighted by atomic mass is 10.2. The summed E-state index contributed by atoms with van der Waals surface area (Å²) in [6.45, 7) is 1.87. The van der Waals surface area contributed by atoms with Crippen LogP contribution in [0.1, 0.15) is 5.56 Å². The van der Waals surface area contributed by atoms with Gasteiger partial charge in [0, 0.05) is 24.5 Å². The van der Waals surface area contributed by atoms with Crippen LogP contribution in [0.4, 0.5) is 0 Å². The second-order valence-electron chi connectivity index (χ2n) is 5.84. The molecule has 2 aromatic rings. The smallest absolute Gasteiger partial charge is 0.173 e. The molecule has 4 nitrogen and oxygen atoms in total. The zero-order chi connectivity index (χ0) is 16.8. The maximum atomic E-state index is 11.7. The average Bonchev–Trinajstić information content (AvgIpc) is 2.96. The highest BCUT2D eigenvalue weighted by atomic mass is 32.2. The molecule has 0 spiro atoms. The first-order valence-electron chi connectivity index (χ1n) is 7.99. The summed E-state index contributed by atoms with van der Waals surface area (Å²) in [6, 6.07) is 19.6. The number of para-hydroxylation sites is 1. The Kier molecular flexibility index (Phi) is 5.33. The highest BCUT2D eigenvalue weighted by Crippen LogP contribution is 2.18. The molecule has 0 aliphatic carbocycles. The van der Waals surface area contributed by atoms with E-state index in [1.807, 2.05) is 48.5 Å². The highest BCUT2D eigenvalue weighted by molar-refractivity contribution is 7.94. The summed E-state index contributed by atoms with van der Waals surface area (Å²) in [5, 5.41) is 1.33. The lowest BCUT2D eigenvalue weighted by Crippen LogP contribution is -2.38. The Hall–Kier alpha value is -2.11. The molecule has 1 aliphatic heterocycles. The average molecular weight is 343 g/mol. The van der Waals surface area contributed by atoms with Crippen LogP contribution in [0.15, 0.2) is 72.1 Å². The van der Waals surface area contributed by atoms with Crippen LogP contribution in [0.5, 0.6) is 5.75 Å². The Bertz CT molecular complexity index is 773. The van der Waals surface area contributed by atoms with Gasteiger partial charge >= 0.3 is 0 Å². The van der Waals surface area contributed by atoms with Gasteiger partial charge in [-0.3, -0.25) is 4.90 Å². The topological polar surface area (TPSA) is 46.6 Å². The van der Waals surface area contributed by atoms with Crippen molar-refractivity contribution >= 4 is 9.84 Å². The summed E-state index contributed by atoms with van der Waals surface area (Å²) in [5.74, 6) is 0.970. The fraction of sp³-hybridized carbons (Fsp3) is 0.263. The van der Waals surface area contributed by atoms with Crippen molar-refractivity contribution in [2.24, 2.45) is 0 Å². The highest BCUT2D eigenvalue weighted by Gasteiger charge is 2.27. The van der Waals surface area contributed by atoms with E-state index in [0.29, 0.717) is 19.7 Å². The fourth-order valence-corrected chi connectivity index (χ4v) is 4.09. The molecule has 0 aromatic heterocycles. The summed E-state index contributed by atoms with van der Waals surface area (Å²) < 4.78 is 29.3. The predicted octanol–water partition coefficient (Wildman–Crippen LogP) is 2.88. The third-order valence-electron chi connectivity index (χ3n) is 4.00. The van der Waals surface area contributed by atoms with Gasteiger partial charge in [-0.2, -0.15) is 0 Å². The SMILES string of the molecule is O=S1(=O)C=C[C@H](N(CCOc2ccccc2)Cc2ccccc2)C1. The molecule has 1 heterocycles. The van der Waals surface area contributed by atoms with Crippen LogP contribution >= 0.6 is 0 Å². The van der Waals surface area contributed by atoms with Gasteiger partial charge in [-0.25, -0.2) is 8.42 Å². The van der Waals surface area contributed by atoms with Crippen molar-refractivity contribution in [2.75, 3.05) is 18.9 Å². The van der Waals surface area contributed by atoms with Crippen LogP contribution in [0.3, 0.4) is 0 Å². The molecule has 1 atom stereocenters. The Balaban J connectivity index is 1.64. The minimum atomic E-state index is -3.07. The standard InChI is InChI=1S/C19H21NO3S/c21-24(22)14-11-18(16-24)20(15-17-7-3-1-4-8-17)12-13-23-19-9-5-2-6-10-19/h1-11,14,18H,12-13,15-16H2/t18-/m0/s1. The monoisotopic (exact) mass is 343 g/mol. The largest absolute Gasteiger partial charge is 0.492 e. The van der Waals surface area contributed by atoms with Crippen LogP contribution < -0.4 is 4.74 Å². The van der Waals surface area contributed by atoms with Crippen molar-refractivity contribution in [3.63, 3.8) is 0 Å². The van der Waals surface area contributed by atoms with Crippen molar-refractivity contribution in [1.82, 2.24) is 4.90 Å². The number of hydrogen-bond acceptors (Lipinski definition) is 4. The maximum Gasteiger partial charge on any atom is 0.173 e. The molecule has 126 valence electrons. The molecule has 0 saturated carbocycles. The van der Waals surface area contributed by atoms with E-state index < -0.39 is 9.84 Å². The maximum absolute atomic E-state index is 11.7. The van der Waals surface area contributed by atoms with Crippen LogP contribution in [-0.4, -0.2) is 38.3 Å². The van der Waals surface area contributed by atoms with E-state index in [1.165, 1.54) is 5.41 Å². The Morgan fingerprint density at radius 2 is 1.67 bits per heavy atom. The van der Waals surface area contributed by atoms with E-state index in [2.05, 4.69) is 17.0 Å². The number of nitrogens with zero attached hydrogens (tertiary/aromatic N) is 1. The van der Waals surface area contributed by atoms with E-state index in [9.17, 15) is 8.42 Å². The Morgan fingerprint density at radius 3 is 2.29 bits per heavy atom. The molecule has 3 rings (SSSR count). The molecule has 0 radical (unpaired) electrons. The Labute approximate surface area is 143 Å². The third kappa shape index (κ3) is 4.69. The number of sulfone groups is 1. The minimum Gasteiger partial charge on any atom is -0.492 e. The first-order valence-corrected chi connectivity index (χ1v) is 9.71. The van der Waals surface area contributed by atoms with Crippen LogP contribution in [-0.2, 0) is 16.4 Å². The van der Waals surface area contributed by atoms with Crippen LogP contribution in [0.2, 0.25) is 0 Å². The van der Waals surface area contributed by atoms with Crippen LogP contribution in [0.25, 0.3) is 0 Å². The molecule has 5 heteroatoms. The van der Waals surface area contributed by atoms with Crippen molar-refractivity contribution in [2.45, 2.75) is 12.6 Å². The number of benzene rings is 2. The fourth-order valence-electron chi connectivity index (χ4n) is 2.76. The molecule has 24 heavy (non-hydrogen) atoms. The first-order chi connectivity index (χ1) is 11.6. The minimum absolute atomic E-state index is 0.102. The van der Waals surface area contributed by atoms with E-state index >= 15 is 0 Å². The van der Waals surface area contributed by atoms with Crippen molar-refractivity contribution in [3.8, 4) is 5.75 Å². The van der Waals surface area contributed by atoms with Gasteiger partial charge in [0.25, 0.3) is 0 Å². The second kappa shape index (κ2) is 7.64. The van der Waals surface area contributed by atoms with Gasteiger partial charge < -0.3 is 4.74 Å². The van der Waals surface area contributed by atoms with Gasteiger partial charge in [-0.15, -0.1) is 0 Å². The quantitative estimate of drug-likeness (QED) is 0.775. The molecule has 0 unspecified atom stereocenters. The van der Waals surface area contributed by atoms with Gasteiger partial charge in [-0.1, -0.05) is 54.6 Å². The predicted molar refractivity (Wildman–Crippen MR) is 95.5 cm³/mol. The number of ether oxygens (including phenoxy) is 1. The summed E-state index contributed by atoms with van der Waals surface area (Å²) in [5.41, 5.74) is 1.16. The molecule has 0 bridgehead atoms. The lowest BCUT2D eigenvalue weighted by Gasteiger charge is -2.27. The van der Waals surface area contributed by atoms with E-state index in [1.54, 1.807) is 6.08 Å². The van der Waals surface area contributed by atoms with Gasteiger partial charge in [0.2, 0.25) is 0 Å². The summed E-state index contributed by atoms with van der Waals surface area (Å²) in [6.07, 6.45) is 1.78. The van der Waals surface area contributed by atoms with E-state index in [4.69, 9.17) is 4.74 Å². The van der Waals surface area contributed by atoms with Crippen molar-refractivity contribution in [3.05, 3.63) is 77.7 Å². The normalized spacial score (nSPS) is 18.8. The summed E-state index contributed by atoms with van der Waals surface area (Å²) >= 11 is 0. The van der Waals surface area contributed by atoms with Gasteiger partial charge in [0.05, 0.1) is 5.75 Å². The molecule has 0 amide bonds. The number of rotatable bonds is 7. The molecular formula is C19H21NO3S. The molecular weight excluding hydrogens is 322 g/mol. The summed E-state index contributed by atoms with van der Waals surface area (Å²) in [7, 11) is -3.07. The van der Waals surface area contributed by atoms with Gasteiger partial charge in [-0.05, 0) is 17.7 Å². The second-order valence-corrected chi connectivity index (χ2v) is 7.77. The van der Waals surface area contributed by atoms with E-state index in [-0.39, 0.29) is 11.8 Å². The zero-order valence-electron chi connectivity index (χ0n) is 13.4. The van der Waals surface area contributed by atoms with Gasteiger partial charge in [0.1, 0.15) is 12.4 Å². The van der Waals surface area contributed by atoms with Crippen molar-refractivity contribution in [1.29, 1.82) is 0 Å². The van der Waals surface area contributed by atoms with Gasteiger partial charge in [0.15, 0.2) is 9.84 Å².